The molecule has 1 aromatic rings. The number of carbonyl (C=O) groups is 3. The van der Waals surface area contributed by atoms with E-state index in [1.54, 1.807) is 12.1 Å². The van der Waals surface area contributed by atoms with Crippen molar-refractivity contribution in [2.45, 2.75) is 90.0 Å². The summed E-state index contributed by atoms with van der Waals surface area (Å²) in [6.07, 6.45) is 4.89. The zero-order valence-electron chi connectivity index (χ0n) is 19.2. The first-order valence-electron chi connectivity index (χ1n) is 11.7. The van der Waals surface area contributed by atoms with Gasteiger partial charge in [0, 0.05) is 13.3 Å². The van der Waals surface area contributed by atoms with E-state index >= 15 is 0 Å². The SMILES string of the molecule is CCCCC(=O)N[C@H]1Cc2cccc(C(=O)OC(C)OC(=O)OC3CCCCC3)c2OB1O. The van der Waals surface area contributed by atoms with Crippen LogP contribution in [-0.2, 0) is 25.4 Å². The van der Waals surface area contributed by atoms with Crippen LogP contribution in [0.3, 0.4) is 0 Å². The van der Waals surface area contributed by atoms with Crippen LogP contribution in [-0.4, -0.2) is 48.5 Å². The Kier molecular flexibility index (Phi) is 8.99. The Morgan fingerprint density at radius 3 is 2.70 bits per heavy atom. The van der Waals surface area contributed by atoms with Gasteiger partial charge in [0.25, 0.3) is 0 Å². The number of nitrogens with one attached hydrogen (secondary N) is 1. The Morgan fingerprint density at radius 1 is 1.21 bits per heavy atom. The Labute approximate surface area is 194 Å². The largest absolute Gasteiger partial charge is 0.547 e. The van der Waals surface area contributed by atoms with Crippen molar-refractivity contribution in [1.29, 1.82) is 0 Å². The van der Waals surface area contributed by atoms with Crippen LogP contribution in [0.25, 0.3) is 0 Å². The zero-order valence-corrected chi connectivity index (χ0v) is 19.2. The minimum Gasteiger partial charge on any atom is -0.534 e. The van der Waals surface area contributed by atoms with E-state index in [1.807, 2.05) is 6.92 Å². The first-order valence-corrected chi connectivity index (χ1v) is 11.7. The zero-order chi connectivity index (χ0) is 23.8. The fourth-order valence-corrected chi connectivity index (χ4v) is 4.05. The molecule has 2 atom stereocenters. The van der Waals surface area contributed by atoms with Gasteiger partial charge in [0.15, 0.2) is 0 Å². The van der Waals surface area contributed by atoms with E-state index in [2.05, 4.69) is 5.32 Å². The number of hydrogen-bond donors (Lipinski definition) is 2. The van der Waals surface area contributed by atoms with Gasteiger partial charge in [-0.05, 0) is 50.2 Å². The second-order valence-corrected chi connectivity index (χ2v) is 8.50. The number of unbranched alkanes of at least 4 members (excludes halogenated alkanes) is 1. The van der Waals surface area contributed by atoms with E-state index in [0.29, 0.717) is 18.4 Å². The summed E-state index contributed by atoms with van der Waals surface area (Å²) < 4.78 is 21.2. The van der Waals surface area contributed by atoms with Gasteiger partial charge in [0.05, 0.1) is 5.94 Å². The van der Waals surface area contributed by atoms with Crippen LogP contribution in [0.1, 0.15) is 81.1 Å². The van der Waals surface area contributed by atoms with E-state index < -0.39 is 31.5 Å². The van der Waals surface area contributed by atoms with E-state index in [1.165, 1.54) is 13.0 Å². The monoisotopic (exact) mass is 461 g/mol. The Hall–Kier alpha value is -2.75. The minimum atomic E-state index is -1.31. The molecule has 1 aliphatic carbocycles. The number of esters is 1. The van der Waals surface area contributed by atoms with E-state index in [4.69, 9.17) is 18.9 Å². The van der Waals surface area contributed by atoms with Crippen molar-refractivity contribution in [1.82, 2.24) is 5.32 Å². The van der Waals surface area contributed by atoms with Crippen LogP contribution in [0, 0.1) is 0 Å². The van der Waals surface area contributed by atoms with Crippen LogP contribution in [0.4, 0.5) is 4.79 Å². The van der Waals surface area contributed by atoms with Gasteiger partial charge in [-0.3, -0.25) is 4.79 Å². The second kappa shape index (κ2) is 11.9. The number of rotatable bonds is 8. The van der Waals surface area contributed by atoms with Gasteiger partial charge in [-0.25, -0.2) is 9.59 Å². The molecule has 1 amide bonds. The Morgan fingerprint density at radius 2 is 1.97 bits per heavy atom. The molecule has 9 nitrogen and oxygen atoms in total. The van der Waals surface area contributed by atoms with Gasteiger partial charge < -0.3 is 29.2 Å². The summed E-state index contributed by atoms with van der Waals surface area (Å²) in [7, 11) is -1.31. The van der Waals surface area contributed by atoms with Crippen molar-refractivity contribution in [3.8, 4) is 5.75 Å². The van der Waals surface area contributed by atoms with Crippen LogP contribution < -0.4 is 9.97 Å². The van der Waals surface area contributed by atoms with E-state index in [9.17, 15) is 19.4 Å². The second-order valence-electron chi connectivity index (χ2n) is 8.50. The van der Waals surface area contributed by atoms with Gasteiger partial charge in [0.1, 0.15) is 17.4 Å². The van der Waals surface area contributed by atoms with Gasteiger partial charge in [-0.1, -0.05) is 31.9 Å². The smallest absolute Gasteiger partial charge is 0.534 e. The third-order valence-electron chi connectivity index (χ3n) is 5.79. The van der Waals surface area contributed by atoms with Crippen LogP contribution in [0.15, 0.2) is 18.2 Å². The van der Waals surface area contributed by atoms with Crippen LogP contribution >= 0.6 is 0 Å². The minimum absolute atomic E-state index is 0.0957. The van der Waals surface area contributed by atoms with Crippen molar-refractivity contribution in [2.75, 3.05) is 0 Å². The normalized spacial score (nSPS) is 19.0. The maximum Gasteiger partial charge on any atom is 0.547 e. The lowest BCUT2D eigenvalue weighted by Crippen LogP contribution is -2.53. The third kappa shape index (κ3) is 7.12. The Balaban J connectivity index is 1.57. The molecule has 0 bridgehead atoms. The summed E-state index contributed by atoms with van der Waals surface area (Å²) in [5, 5.41) is 13.2. The molecule has 1 heterocycles. The fraction of sp³-hybridized carbons (Fsp3) is 0.609. The topological polar surface area (TPSA) is 120 Å². The number of ether oxygens (including phenoxy) is 3. The van der Waals surface area contributed by atoms with Crippen molar-refractivity contribution in [3.63, 3.8) is 0 Å². The number of hydrogen-bond acceptors (Lipinski definition) is 8. The molecule has 0 radical (unpaired) electrons. The molecule has 1 unspecified atom stereocenters. The quantitative estimate of drug-likeness (QED) is 0.344. The molecular weight excluding hydrogens is 429 g/mol. The van der Waals surface area contributed by atoms with E-state index in [-0.39, 0.29) is 23.3 Å². The molecule has 10 heteroatoms. The highest BCUT2D eigenvalue weighted by Gasteiger charge is 2.38. The highest BCUT2D eigenvalue weighted by molar-refractivity contribution is 6.47. The number of carbonyl (C=O) groups excluding carboxylic acids is 3. The summed E-state index contributed by atoms with van der Waals surface area (Å²) >= 11 is 0. The molecule has 0 saturated heterocycles. The lowest BCUT2D eigenvalue weighted by atomic mass is 9.72. The number of para-hydroxylation sites is 1. The average Bonchev–Trinajstić information content (AvgIpc) is 2.78. The number of fused-ring (bicyclic) bond motifs is 1. The lowest BCUT2D eigenvalue weighted by molar-refractivity contribution is -0.121. The third-order valence-corrected chi connectivity index (χ3v) is 5.79. The molecule has 1 aliphatic heterocycles. The molecule has 2 N–H and O–H groups in total. The highest BCUT2D eigenvalue weighted by atomic mass is 16.8. The molecule has 33 heavy (non-hydrogen) atoms. The van der Waals surface area contributed by atoms with Crippen molar-refractivity contribution in [3.05, 3.63) is 29.3 Å². The molecule has 1 fully saturated rings. The van der Waals surface area contributed by atoms with Crippen LogP contribution in [0.2, 0.25) is 0 Å². The number of benzene rings is 1. The van der Waals surface area contributed by atoms with Gasteiger partial charge in [0.2, 0.25) is 12.2 Å². The number of amides is 1. The fourth-order valence-electron chi connectivity index (χ4n) is 4.05. The summed E-state index contributed by atoms with van der Waals surface area (Å²) in [6, 6.07) is 4.92. The molecule has 1 aromatic carbocycles. The summed E-state index contributed by atoms with van der Waals surface area (Å²) in [6.45, 7) is 3.42. The van der Waals surface area contributed by atoms with Gasteiger partial charge >= 0.3 is 19.2 Å². The Bertz CT molecular complexity index is 842. The molecule has 0 spiro atoms. The molecule has 3 rings (SSSR count). The maximum absolute atomic E-state index is 12.7. The van der Waals surface area contributed by atoms with E-state index in [0.717, 1.165) is 44.9 Å². The molecule has 2 aliphatic rings. The predicted octanol–water partition coefficient (Wildman–Crippen LogP) is 3.30. The predicted molar refractivity (Wildman–Crippen MR) is 120 cm³/mol. The first kappa shape index (κ1) is 24.9. The standard InChI is InChI=1S/C23H32BNO8/c1-3-4-13-20(26)25-19-14-16-9-8-12-18(21(16)33-24(19)29)22(27)30-15(2)31-23(28)32-17-10-6-5-7-11-17/h8-9,12,15,17,19,29H,3-7,10-11,13-14H2,1-2H3,(H,25,26)/t15?,19-/m0/s1. The average molecular weight is 461 g/mol. The lowest BCUT2D eigenvalue weighted by Gasteiger charge is -2.29. The van der Waals surface area contributed by atoms with Crippen molar-refractivity contribution >= 4 is 25.2 Å². The highest BCUT2D eigenvalue weighted by Crippen LogP contribution is 2.31. The van der Waals surface area contributed by atoms with Crippen molar-refractivity contribution in [2.24, 2.45) is 0 Å². The molecule has 0 aromatic heterocycles. The van der Waals surface area contributed by atoms with Crippen LogP contribution in [0.5, 0.6) is 5.75 Å². The molecule has 180 valence electrons. The summed E-state index contributed by atoms with van der Waals surface area (Å²) in [5.41, 5.74) is 0.749. The van der Waals surface area contributed by atoms with Gasteiger partial charge in [-0.15, -0.1) is 0 Å². The molecular formula is C23H32BNO8. The first-order chi connectivity index (χ1) is 15.9. The summed E-state index contributed by atoms with van der Waals surface area (Å²) in [4.78, 5) is 36.7. The van der Waals surface area contributed by atoms with Gasteiger partial charge in [-0.2, -0.15) is 0 Å². The maximum atomic E-state index is 12.7. The summed E-state index contributed by atoms with van der Waals surface area (Å²) in [5.74, 6) is -1.35. The molecule has 1 saturated carbocycles. The van der Waals surface area contributed by atoms with Crippen molar-refractivity contribution < 1.29 is 38.3 Å².